The molecule has 0 heterocycles. The molecule has 1 aliphatic rings. The van der Waals surface area contributed by atoms with Crippen LogP contribution in [0.3, 0.4) is 0 Å². The lowest BCUT2D eigenvalue weighted by Gasteiger charge is -2.41. The Hall–Kier alpha value is -1.03. The van der Waals surface area contributed by atoms with E-state index < -0.39 is 17.3 Å². The first-order valence-corrected chi connectivity index (χ1v) is 7.42. The topological polar surface area (TPSA) is 20.2 Å². The second-order valence-corrected chi connectivity index (χ2v) is 7.25. The molecule has 0 aliphatic heterocycles. The van der Waals surface area contributed by atoms with Crippen LogP contribution in [0.15, 0.2) is 24.3 Å². The van der Waals surface area contributed by atoms with Gasteiger partial charge in [-0.1, -0.05) is 32.9 Å². The van der Waals surface area contributed by atoms with Gasteiger partial charge in [0.1, 0.15) is 0 Å². The maximum atomic E-state index is 12.6. The van der Waals surface area contributed by atoms with Gasteiger partial charge in [-0.15, -0.1) is 0 Å². The maximum absolute atomic E-state index is 12.6. The van der Waals surface area contributed by atoms with Gasteiger partial charge in [-0.3, -0.25) is 0 Å². The highest BCUT2D eigenvalue weighted by Crippen LogP contribution is 2.45. The Balaban J connectivity index is 2.12. The van der Waals surface area contributed by atoms with Gasteiger partial charge in [0.2, 0.25) is 0 Å². The Labute approximate surface area is 124 Å². The van der Waals surface area contributed by atoms with Crippen LogP contribution in [0, 0.1) is 11.3 Å². The number of halogens is 3. The van der Waals surface area contributed by atoms with Gasteiger partial charge >= 0.3 is 6.18 Å². The lowest BCUT2D eigenvalue weighted by Crippen LogP contribution is -2.35. The van der Waals surface area contributed by atoms with Gasteiger partial charge in [0, 0.05) is 0 Å². The molecule has 1 aliphatic carbocycles. The molecule has 1 saturated carbocycles. The van der Waals surface area contributed by atoms with Gasteiger partial charge in [-0.2, -0.15) is 13.2 Å². The first-order chi connectivity index (χ1) is 9.52. The van der Waals surface area contributed by atoms with Gasteiger partial charge in [0.05, 0.1) is 11.2 Å². The standard InChI is InChI=1S/C17H23F3O/c1-15(2,3)12-8-10-16(21,11-9-12)13-4-6-14(7-5-13)17(18,19)20/h4-7,12,21H,8-11H2,1-3H3. The Kier molecular flexibility index (Phi) is 4.13. The van der Waals surface area contributed by atoms with Gasteiger partial charge in [-0.05, 0) is 54.7 Å². The third kappa shape index (κ3) is 3.60. The summed E-state index contributed by atoms with van der Waals surface area (Å²) in [6.45, 7) is 6.58. The van der Waals surface area contributed by atoms with E-state index in [1.165, 1.54) is 12.1 Å². The maximum Gasteiger partial charge on any atom is 0.416 e. The predicted molar refractivity (Wildman–Crippen MR) is 76.8 cm³/mol. The van der Waals surface area contributed by atoms with E-state index in [0.717, 1.165) is 25.0 Å². The van der Waals surface area contributed by atoms with E-state index in [9.17, 15) is 18.3 Å². The summed E-state index contributed by atoms with van der Waals surface area (Å²) in [5, 5.41) is 10.7. The second kappa shape index (κ2) is 5.31. The van der Waals surface area contributed by atoms with E-state index in [1.54, 1.807) is 0 Å². The van der Waals surface area contributed by atoms with E-state index in [0.29, 0.717) is 24.3 Å². The largest absolute Gasteiger partial charge is 0.416 e. The Bertz CT molecular complexity index is 474. The SMILES string of the molecule is CC(C)(C)C1CCC(O)(c2ccc(C(F)(F)F)cc2)CC1. The first kappa shape index (κ1) is 16.3. The summed E-state index contributed by atoms with van der Waals surface area (Å²) in [6.07, 6.45) is -1.30. The van der Waals surface area contributed by atoms with Crippen LogP contribution < -0.4 is 0 Å². The Morgan fingerprint density at radius 2 is 1.48 bits per heavy atom. The molecule has 118 valence electrons. The fourth-order valence-corrected chi connectivity index (χ4v) is 3.22. The van der Waals surface area contributed by atoms with Crippen molar-refractivity contribution >= 4 is 0 Å². The lowest BCUT2D eigenvalue weighted by atomic mass is 9.67. The number of hydrogen-bond donors (Lipinski definition) is 1. The fourth-order valence-electron chi connectivity index (χ4n) is 3.22. The number of benzene rings is 1. The molecular weight excluding hydrogens is 277 g/mol. The smallest absolute Gasteiger partial charge is 0.385 e. The normalized spacial score (nSPS) is 27.7. The van der Waals surface area contributed by atoms with Crippen LogP contribution in [-0.2, 0) is 11.8 Å². The average molecular weight is 300 g/mol. The lowest BCUT2D eigenvalue weighted by molar-refractivity contribution is -0.137. The van der Waals surface area contributed by atoms with Crippen LogP contribution in [0.25, 0.3) is 0 Å². The molecule has 0 aromatic heterocycles. The minimum Gasteiger partial charge on any atom is -0.385 e. The van der Waals surface area contributed by atoms with Crippen LogP contribution in [0.4, 0.5) is 13.2 Å². The molecule has 0 bridgehead atoms. The summed E-state index contributed by atoms with van der Waals surface area (Å²) in [7, 11) is 0. The van der Waals surface area contributed by atoms with Crippen molar-refractivity contribution < 1.29 is 18.3 Å². The number of aliphatic hydroxyl groups is 1. The average Bonchev–Trinajstić information content (AvgIpc) is 2.37. The molecule has 1 nitrogen and oxygen atoms in total. The van der Waals surface area contributed by atoms with Crippen LogP contribution in [-0.4, -0.2) is 5.11 Å². The molecule has 1 aromatic rings. The number of hydrogen-bond acceptors (Lipinski definition) is 1. The Morgan fingerprint density at radius 3 is 1.86 bits per heavy atom. The molecule has 21 heavy (non-hydrogen) atoms. The van der Waals surface area contributed by atoms with Crippen molar-refractivity contribution in [3.63, 3.8) is 0 Å². The second-order valence-electron chi connectivity index (χ2n) is 7.25. The molecule has 4 heteroatoms. The number of rotatable bonds is 1. The monoisotopic (exact) mass is 300 g/mol. The summed E-state index contributed by atoms with van der Waals surface area (Å²) in [4.78, 5) is 0. The zero-order chi connectivity index (χ0) is 15.9. The van der Waals surface area contributed by atoms with Crippen molar-refractivity contribution in [2.24, 2.45) is 11.3 Å². The summed E-state index contributed by atoms with van der Waals surface area (Å²) in [6, 6.07) is 4.95. The fraction of sp³-hybridized carbons (Fsp3) is 0.647. The molecule has 2 rings (SSSR count). The number of alkyl halides is 3. The molecule has 0 spiro atoms. The van der Waals surface area contributed by atoms with Crippen molar-refractivity contribution in [1.29, 1.82) is 0 Å². The van der Waals surface area contributed by atoms with E-state index in [1.807, 2.05) is 0 Å². The van der Waals surface area contributed by atoms with E-state index in [2.05, 4.69) is 20.8 Å². The summed E-state index contributed by atoms with van der Waals surface area (Å²) >= 11 is 0. The van der Waals surface area contributed by atoms with Crippen LogP contribution in [0.5, 0.6) is 0 Å². The van der Waals surface area contributed by atoms with E-state index in [4.69, 9.17) is 0 Å². The van der Waals surface area contributed by atoms with Crippen molar-refractivity contribution in [1.82, 2.24) is 0 Å². The third-order valence-corrected chi connectivity index (χ3v) is 4.79. The van der Waals surface area contributed by atoms with Crippen molar-refractivity contribution in [3.8, 4) is 0 Å². The zero-order valence-corrected chi connectivity index (χ0v) is 12.8. The highest BCUT2D eigenvalue weighted by molar-refractivity contribution is 5.29. The molecule has 0 radical (unpaired) electrons. The van der Waals surface area contributed by atoms with Crippen LogP contribution in [0.1, 0.15) is 57.6 Å². The van der Waals surface area contributed by atoms with Gasteiger partial charge in [0.15, 0.2) is 0 Å². The van der Waals surface area contributed by atoms with Crippen molar-refractivity contribution in [2.45, 2.75) is 58.2 Å². The van der Waals surface area contributed by atoms with Gasteiger partial charge < -0.3 is 5.11 Å². The van der Waals surface area contributed by atoms with Crippen LogP contribution >= 0.6 is 0 Å². The Morgan fingerprint density at radius 1 is 1.00 bits per heavy atom. The molecule has 0 atom stereocenters. The molecule has 1 fully saturated rings. The molecule has 0 amide bonds. The summed E-state index contributed by atoms with van der Waals surface area (Å²) < 4.78 is 37.7. The third-order valence-electron chi connectivity index (χ3n) is 4.79. The quantitative estimate of drug-likeness (QED) is 0.762. The molecular formula is C17H23F3O. The predicted octanol–water partition coefficient (Wildman–Crippen LogP) is 5.13. The molecule has 0 unspecified atom stereocenters. The van der Waals surface area contributed by atoms with E-state index in [-0.39, 0.29) is 5.41 Å². The first-order valence-electron chi connectivity index (χ1n) is 7.42. The van der Waals surface area contributed by atoms with E-state index >= 15 is 0 Å². The minimum atomic E-state index is -4.33. The summed E-state index contributed by atoms with van der Waals surface area (Å²) in [5.74, 6) is 0.548. The van der Waals surface area contributed by atoms with Gasteiger partial charge in [-0.25, -0.2) is 0 Å². The molecule has 0 saturated heterocycles. The minimum absolute atomic E-state index is 0.210. The summed E-state index contributed by atoms with van der Waals surface area (Å²) in [5.41, 5.74) is -0.839. The highest BCUT2D eigenvalue weighted by atomic mass is 19.4. The molecule has 1 N–H and O–H groups in total. The highest BCUT2D eigenvalue weighted by Gasteiger charge is 2.39. The van der Waals surface area contributed by atoms with Crippen molar-refractivity contribution in [2.75, 3.05) is 0 Å². The van der Waals surface area contributed by atoms with Crippen molar-refractivity contribution in [3.05, 3.63) is 35.4 Å². The van der Waals surface area contributed by atoms with Crippen LogP contribution in [0.2, 0.25) is 0 Å². The molecule has 1 aromatic carbocycles. The van der Waals surface area contributed by atoms with Gasteiger partial charge in [0.25, 0.3) is 0 Å². The zero-order valence-electron chi connectivity index (χ0n) is 12.8.